The second kappa shape index (κ2) is 6.51. The number of fused-ring (bicyclic) bond motifs is 1. The molecule has 2 atom stereocenters. The van der Waals surface area contributed by atoms with E-state index in [4.69, 9.17) is 0 Å². The molecule has 21 heavy (non-hydrogen) atoms. The quantitative estimate of drug-likeness (QED) is 0.848. The standard InChI is InChI=1S/C17H17BrFNS/c1-20-15(9-11-5-4-7-14(19)17(11)18)13-10-21-16-8-3-2-6-12(13)16/h2-8,13,15,20H,9-10H2,1H3. The Bertz CT molecular complexity index is 646. The van der Waals surface area contributed by atoms with Crippen LogP contribution in [0.2, 0.25) is 0 Å². The van der Waals surface area contributed by atoms with Gasteiger partial charge in [-0.25, -0.2) is 4.39 Å². The first-order valence-corrected chi connectivity index (χ1v) is 8.80. The third-order valence-electron chi connectivity index (χ3n) is 4.06. The zero-order valence-electron chi connectivity index (χ0n) is 11.8. The van der Waals surface area contributed by atoms with Crippen LogP contribution in [-0.2, 0) is 6.42 Å². The van der Waals surface area contributed by atoms with E-state index in [9.17, 15) is 4.39 Å². The van der Waals surface area contributed by atoms with Crippen LogP contribution in [-0.4, -0.2) is 18.8 Å². The molecular weight excluding hydrogens is 349 g/mol. The predicted octanol–water partition coefficient (Wildman–Crippen LogP) is 4.61. The first-order chi connectivity index (χ1) is 10.2. The van der Waals surface area contributed by atoms with Crippen molar-refractivity contribution in [1.29, 1.82) is 0 Å². The molecule has 0 aliphatic carbocycles. The highest BCUT2D eigenvalue weighted by molar-refractivity contribution is 9.10. The van der Waals surface area contributed by atoms with Crippen LogP contribution >= 0.6 is 27.7 Å². The maximum Gasteiger partial charge on any atom is 0.137 e. The van der Waals surface area contributed by atoms with Crippen LogP contribution in [0.4, 0.5) is 4.39 Å². The molecule has 0 radical (unpaired) electrons. The molecule has 0 bridgehead atoms. The van der Waals surface area contributed by atoms with Crippen molar-refractivity contribution in [2.75, 3.05) is 12.8 Å². The topological polar surface area (TPSA) is 12.0 Å². The van der Waals surface area contributed by atoms with Crippen LogP contribution in [0.1, 0.15) is 17.0 Å². The van der Waals surface area contributed by atoms with E-state index in [1.54, 1.807) is 6.07 Å². The molecule has 0 saturated heterocycles. The smallest absolute Gasteiger partial charge is 0.137 e. The van der Waals surface area contributed by atoms with E-state index >= 15 is 0 Å². The number of rotatable bonds is 4. The van der Waals surface area contributed by atoms with Gasteiger partial charge in [-0.05, 0) is 52.7 Å². The van der Waals surface area contributed by atoms with Crippen molar-refractivity contribution in [2.24, 2.45) is 0 Å². The Hall–Kier alpha value is -0.840. The Morgan fingerprint density at radius 3 is 2.90 bits per heavy atom. The number of nitrogens with one attached hydrogen (secondary N) is 1. The van der Waals surface area contributed by atoms with Gasteiger partial charge in [0.2, 0.25) is 0 Å². The van der Waals surface area contributed by atoms with Gasteiger partial charge < -0.3 is 5.32 Å². The predicted molar refractivity (Wildman–Crippen MR) is 90.6 cm³/mol. The van der Waals surface area contributed by atoms with Crippen LogP contribution in [0, 0.1) is 5.82 Å². The van der Waals surface area contributed by atoms with Gasteiger partial charge >= 0.3 is 0 Å². The normalized spacial score (nSPS) is 18.5. The number of likely N-dealkylation sites (N-methyl/N-ethyl adjacent to an activating group) is 1. The summed E-state index contributed by atoms with van der Waals surface area (Å²) < 4.78 is 14.3. The Morgan fingerprint density at radius 1 is 1.29 bits per heavy atom. The first-order valence-electron chi connectivity index (χ1n) is 7.02. The third-order valence-corrected chi connectivity index (χ3v) is 6.16. The van der Waals surface area contributed by atoms with Crippen molar-refractivity contribution < 1.29 is 4.39 Å². The molecule has 1 aliphatic rings. The van der Waals surface area contributed by atoms with E-state index in [1.165, 1.54) is 16.5 Å². The Labute approximate surface area is 137 Å². The Kier molecular flexibility index (Phi) is 4.67. The van der Waals surface area contributed by atoms with E-state index in [0.29, 0.717) is 16.4 Å². The largest absolute Gasteiger partial charge is 0.316 e. The summed E-state index contributed by atoms with van der Waals surface area (Å²) in [6, 6.07) is 14.1. The van der Waals surface area contributed by atoms with E-state index in [1.807, 2.05) is 24.9 Å². The van der Waals surface area contributed by atoms with Gasteiger partial charge in [-0.3, -0.25) is 0 Å². The van der Waals surface area contributed by atoms with E-state index in [-0.39, 0.29) is 5.82 Å². The molecule has 4 heteroatoms. The van der Waals surface area contributed by atoms with Gasteiger partial charge in [-0.15, -0.1) is 11.8 Å². The number of hydrogen-bond donors (Lipinski definition) is 1. The first kappa shape index (κ1) is 15.1. The van der Waals surface area contributed by atoms with Crippen molar-refractivity contribution in [2.45, 2.75) is 23.3 Å². The number of hydrogen-bond acceptors (Lipinski definition) is 2. The number of benzene rings is 2. The van der Waals surface area contributed by atoms with E-state index in [2.05, 4.69) is 45.5 Å². The summed E-state index contributed by atoms with van der Waals surface area (Å²) in [7, 11) is 1.99. The Balaban J connectivity index is 1.85. The zero-order valence-corrected chi connectivity index (χ0v) is 14.2. The second-order valence-electron chi connectivity index (χ2n) is 5.27. The SMILES string of the molecule is CNC(Cc1cccc(F)c1Br)C1CSc2ccccc21. The molecule has 1 nitrogen and oxygen atoms in total. The van der Waals surface area contributed by atoms with Gasteiger partial charge in [0.05, 0.1) is 4.47 Å². The summed E-state index contributed by atoms with van der Waals surface area (Å²) in [5.41, 5.74) is 2.43. The molecule has 0 amide bonds. The monoisotopic (exact) mass is 365 g/mol. The average molecular weight is 366 g/mol. The average Bonchev–Trinajstić information content (AvgIpc) is 2.93. The molecule has 2 aromatic rings. The minimum atomic E-state index is -0.191. The molecule has 0 fully saturated rings. The molecule has 0 spiro atoms. The molecular formula is C17H17BrFNS. The molecule has 3 rings (SSSR count). The highest BCUT2D eigenvalue weighted by Crippen LogP contribution is 2.41. The summed E-state index contributed by atoms with van der Waals surface area (Å²) in [5, 5.41) is 3.42. The molecule has 2 aromatic carbocycles. The number of halogens is 2. The van der Waals surface area contributed by atoms with Crippen molar-refractivity contribution in [1.82, 2.24) is 5.32 Å². The molecule has 1 heterocycles. The van der Waals surface area contributed by atoms with Crippen molar-refractivity contribution >= 4 is 27.7 Å². The summed E-state index contributed by atoms with van der Waals surface area (Å²) >= 11 is 5.28. The van der Waals surface area contributed by atoms with Gasteiger partial charge in [-0.1, -0.05) is 30.3 Å². The maximum absolute atomic E-state index is 13.7. The summed E-state index contributed by atoms with van der Waals surface area (Å²) in [6.45, 7) is 0. The van der Waals surface area contributed by atoms with Crippen LogP contribution in [0.15, 0.2) is 51.8 Å². The molecule has 1 N–H and O–H groups in total. The third kappa shape index (κ3) is 3.03. The summed E-state index contributed by atoms with van der Waals surface area (Å²) in [5.74, 6) is 1.35. The van der Waals surface area contributed by atoms with Crippen molar-refractivity contribution in [3.05, 3.63) is 63.9 Å². The fourth-order valence-corrected chi connectivity index (χ4v) is 4.67. The lowest BCUT2D eigenvalue weighted by atomic mass is 9.89. The van der Waals surface area contributed by atoms with Crippen LogP contribution in [0.5, 0.6) is 0 Å². The van der Waals surface area contributed by atoms with E-state index in [0.717, 1.165) is 17.7 Å². The van der Waals surface area contributed by atoms with Gasteiger partial charge in [0.25, 0.3) is 0 Å². The van der Waals surface area contributed by atoms with Gasteiger partial charge in [-0.2, -0.15) is 0 Å². The second-order valence-corrected chi connectivity index (χ2v) is 7.12. The highest BCUT2D eigenvalue weighted by Gasteiger charge is 2.29. The van der Waals surface area contributed by atoms with Crippen LogP contribution in [0.3, 0.4) is 0 Å². The molecule has 0 saturated carbocycles. The zero-order chi connectivity index (χ0) is 14.8. The van der Waals surface area contributed by atoms with E-state index < -0.39 is 0 Å². The fourth-order valence-electron chi connectivity index (χ4n) is 2.91. The molecule has 0 aromatic heterocycles. The maximum atomic E-state index is 13.7. The molecule has 1 aliphatic heterocycles. The summed E-state index contributed by atoms with van der Waals surface area (Å²) in [4.78, 5) is 1.38. The lowest BCUT2D eigenvalue weighted by Crippen LogP contribution is -2.34. The number of thioether (sulfide) groups is 1. The minimum Gasteiger partial charge on any atom is -0.316 e. The summed E-state index contributed by atoms with van der Waals surface area (Å²) in [6.07, 6.45) is 0.814. The van der Waals surface area contributed by atoms with Crippen molar-refractivity contribution in [3.63, 3.8) is 0 Å². The van der Waals surface area contributed by atoms with Gasteiger partial charge in [0.15, 0.2) is 0 Å². The molecule has 2 unspecified atom stereocenters. The Morgan fingerprint density at radius 2 is 2.10 bits per heavy atom. The van der Waals surface area contributed by atoms with Gasteiger partial charge in [0, 0.05) is 22.6 Å². The fraction of sp³-hybridized carbons (Fsp3) is 0.294. The highest BCUT2D eigenvalue weighted by atomic mass is 79.9. The lowest BCUT2D eigenvalue weighted by molar-refractivity contribution is 0.486. The molecule has 110 valence electrons. The lowest BCUT2D eigenvalue weighted by Gasteiger charge is -2.24. The van der Waals surface area contributed by atoms with Crippen LogP contribution < -0.4 is 5.32 Å². The van der Waals surface area contributed by atoms with Crippen molar-refractivity contribution in [3.8, 4) is 0 Å². The van der Waals surface area contributed by atoms with Gasteiger partial charge in [0.1, 0.15) is 5.82 Å². The van der Waals surface area contributed by atoms with Crippen LogP contribution in [0.25, 0.3) is 0 Å². The minimum absolute atomic E-state index is 0.191.